The number of rotatable bonds is 5. The van der Waals surface area contributed by atoms with E-state index in [1.807, 2.05) is 0 Å². The molecule has 0 saturated heterocycles. The Morgan fingerprint density at radius 3 is 2.36 bits per heavy atom. The Kier molecular flexibility index (Phi) is 4.51. The maximum absolute atomic E-state index is 12.0. The molecular weight excluding hydrogens is 322 g/mol. The van der Waals surface area contributed by atoms with Gasteiger partial charge in [0.25, 0.3) is 5.91 Å². The van der Waals surface area contributed by atoms with Crippen molar-refractivity contribution in [1.82, 2.24) is 15.1 Å². The Morgan fingerprint density at radius 1 is 1.04 bits per heavy atom. The normalized spacial score (nSPS) is 10.3. The van der Waals surface area contributed by atoms with Gasteiger partial charge < -0.3 is 15.2 Å². The highest BCUT2D eigenvalue weighted by molar-refractivity contribution is 6.02. The number of hydrogen-bond acceptors (Lipinski definition) is 7. The Hall–Kier alpha value is -3.55. The van der Waals surface area contributed by atoms with Crippen molar-refractivity contribution in [3.63, 3.8) is 0 Å². The van der Waals surface area contributed by atoms with Crippen molar-refractivity contribution in [2.75, 3.05) is 10.6 Å². The topological polar surface area (TPSA) is 110 Å². The molecule has 8 heteroatoms. The van der Waals surface area contributed by atoms with Crippen molar-refractivity contribution in [3.05, 3.63) is 59.7 Å². The van der Waals surface area contributed by atoms with Crippen LogP contribution in [0, 0.1) is 6.92 Å². The van der Waals surface area contributed by atoms with Gasteiger partial charge in [-0.15, -0.1) is 0 Å². The molecule has 2 aromatic heterocycles. The number of nitrogens with zero attached hydrogens (tertiary/aromatic N) is 3. The molecule has 0 aliphatic carbocycles. The number of carbonyl (C=O) groups is 2. The lowest BCUT2D eigenvalue weighted by Crippen LogP contribution is -2.14. The van der Waals surface area contributed by atoms with E-state index in [0.29, 0.717) is 23.0 Å². The Balaban J connectivity index is 1.65. The number of aryl methyl sites for hydroxylation is 1. The lowest BCUT2D eigenvalue weighted by atomic mass is 10.1. The number of aromatic nitrogens is 3. The van der Waals surface area contributed by atoms with Crippen LogP contribution < -0.4 is 10.6 Å². The summed E-state index contributed by atoms with van der Waals surface area (Å²) in [6.07, 6.45) is 2.80. The van der Waals surface area contributed by atoms with Gasteiger partial charge in [-0.05, 0) is 38.1 Å². The van der Waals surface area contributed by atoms with Crippen molar-refractivity contribution >= 4 is 29.0 Å². The molecule has 25 heavy (non-hydrogen) atoms. The number of carbonyl (C=O) groups excluding carboxylic acids is 2. The monoisotopic (exact) mass is 337 g/mol. The summed E-state index contributed by atoms with van der Waals surface area (Å²) >= 11 is 0. The summed E-state index contributed by atoms with van der Waals surface area (Å²) in [5, 5.41) is 9.29. The largest absolute Gasteiger partial charge is 0.360 e. The molecule has 0 fully saturated rings. The quantitative estimate of drug-likeness (QED) is 0.689. The fourth-order valence-corrected chi connectivity index (χ4v) is 2.05. The fraction of sp³-hybridized carbons (Fsp3) is 0.118. The molecule has 3 aromatic rings. The zero-order valence-electron chi connectivity index (χ0n) is 13.6. The van der Waals surface area contributed by atoms with Crippen LogP contribution in [0.15, 0.2) is 47.2 Å². The third-order valence-corrected chi connectivity index (χ3v) is 3.32. The summed E-state index contributed by atoms with van der Waals surface area (Å²) in [5.74, 6) is 0.959. The second kappa shape index (κ2) is 6.91. The van der Waals surface area contributed by atoms with Crippen LogP contribution in [-0.2, 0) is 0 Å². The summed E-state index contributed by atoms with van der Waals surface area (Å²) < 4.78 is 4.88. The third-order valence-electron chi connectivity index (χ3n) is 3.32. The second-order valence-corrected chi connectivity index (χ2v) is 5.32. The fourth-order valence-electron chi connectivity index (χ4n) is 2.05. The minimum atomic E-state index is -0.432. The molecule has 0 saturated carbocycles. The molecule has 0 bridgehead atoms. The summed E-state index contributed by atoms with van der Waals surface area (Å²) in [7, 11) is 0. The van der Waals surface area contributed by atoms with E-state index in [0.717, 1.165) is 5.69 Å². The number of anilines is 3. The smallest absolute Gasteiger partial charge is 0.277 e. The van der Waals surface area contributed by atoms with E-state index >= 15 is 0 Å². The van der Waals surface area contributed by atoms with Gasteiger partial charge >= 0.3 is 0 Å². The van der Waals surface area contributed by atoms with Gasteiger partial charge in [-0.1, -0.05) is 5.16 Å². The first-order valence-electron chi connectivity index (χ1n) is 7.46. The average Bonchev–Trinajstić information content (AvgIpc) is 3.01. The number of benzene rings is 1. The molecule has 8 nitrogen and oxygen atoms in total. The molecule has 2 heterocycles. The van der Waals surface area contributed by atoms with Gasteiger partial charge in [0.1, 0.15) is 17.3 Å². The standard InChI is InChI=1S/C17H15N5O3/c1-10-7-15(22-25-10)21-17(24)14-8-19-16(9-18-14)20-13-5-3-12(4-6-13)11(2)23/h3-9H,1-2H3,(H,19,20)(H,21,22,24). The van der Waals surface area contributed by atoms with E-state index in [-0.39, 0.29) is 11.5 Å². The lowest BCUT2D eigenvalue weighted by molar-refractivity contribution is 0.101. The molecule has 0 atom stereocenters. The minimum Gasteiger partial charge on any atom is -0.360 e. The van der Waals surface area contributed by atoms with Gasteiger partial charge in [0.2, 0.25) is 0 Å². The first-order valence-corrected chi connectivity index (χ1v) is 7.46. The maximum Gasteiger partial charge on any atom is 0.277 e. The van der Waals surface area contributed by atoms with Crippen LogP contribution in [0.1, 0.15) is 33.5 Å². The first kappa shape index (κ1) is 16.3. The zero-order valence-corrected chi connectivity index (χ0v) is 13.6. The van der Waals surface area contributed by atoms with Crippen molar-refractivity contribution in [2.45, 2.75) is 13.8 Å². The van der Waals surface area contributed by atoms with Gasteiger partial charge in [-0.25, -0.2) is 9.97 Å². The summed E-state index contributed by atoms with van der Waals surface area (Å²) in [6.45, 7) is 3.24. The van der Waals surface area contributed by atoms with Crippen molar-refractivity contribution in [3.8, 4) is 0 Å². The predicted octanol–water partition coefficient (Wildman–Crippen LogP) is 2.97. The highest BCUT2D eigenvalue weighted by atomic mass is 16.5. The van der Waals surface area contributed by atoms with Gasteiger partial charge in [-0.2, -0.15) is 0 Å². The van der Waals surface area contributed by atoms with Crippen LogP contribution in [-0.4, -0.2) is 26.8 Å². The van der Waals surface area contributed by atoms with Crippen LogP contribution in [0.5, 0.6) is 0 Å². The summed E-state index contributed by atoms with van der Waals surface area (Å²) in [6, 6.07) is 8.59. The maximum atomic E-state index is 12.0. The Labute approximate surface area is 143 Å². The average molecular weight is 337 g/mol. The van der Waals surface area contributed by atoms with Crippen LogP contribution >= 0.6 is 0 Å². The van der Waals surface area contributed by atoms with E-state index in [4.69, 9.17) is 4.52 Å². The minimum absolute atomic E-state index is 0.00372. The highest BCUT2D eigenvalue weighted by Gasteiger charge is 2.11. The number of amides is 1. The molecule has 0 aliphatic heterocycles. The molecule has 2 N–H and O–H groups in total. The lowest BCUT2D eigenvalue weighted by Gasteiger charge is -2.06. The number of ketones is 1. The van der Waals surface area contributed by atoms with Crippen LogP contribution in [0.3, 0.4) is 0 Å². The van der Waals surface area contributed by atoms with Gasteiger partial charge in [0, 0.05) is 17.3 Å². The number of hydrogen-bond donors (Lipinski definition) is 2. The second-order valence-electron chi connectivity index (χ2n) is 5.32. The molecule has 1 aromatic carbocycles. The van der Waals surface area contributed by atoms with Crippen LogP contribution in [0.4, 0.5) is 17.3 Å². The first-order chi connectivity index (χ1) is 12.0. The van der Waals surface area contributed by atoms with E-state index in [2.05, 4.69) is 25.8 Å². The molecule has 0 unspecified atom stereocenters. The molecule has 0 spiro atoms. The Morgan fingerprint density at radius 2 is 1.80 bits per heavy atom. The SMILES string of the molecule is CC(=O)c1ccc(Nc2cnc(C(=O)Nc3cc(C)on3)cn2)cc1. The van der Waals surface area contributed by atoms with E-state index in [1.165, 1.54) is 19.3 Å². The molecule has 126 valence electrons. The van der Waals surface area contributed by atoms with E-state index in [9.17, 15) is 9.59 Å². The Bertz CT molecular complexity index is 901. The molecular formula is C17H15N5O3. The van der Waals surface area contributed by atoms with E-state index in [1.54, 1.807) is 37.3 Å². The third kappa shape index (κ3) is 4.05. The molecule has 1 amide bonds. The zero-order chi connectivity index (χ0) is 17.8. The van der Waals surface area contributed by atoms with Gasteiger partial charge in [0.15, 0.2) is 11.6 Å². The molecule has 3 rings (SSSR count). The van der Waals surface area contributed by atoms with Crippen molar-refractivity contribution < 1.29 is 14.1 Å². The van der Waals surface area contributed by atoms with Gasteiger partial charge in [-0.3, -0.25) is 9.59 Å². The van der Waals surface area contributed by atoms with E-state index < -0.39 is 5.91 Å². The number of Topliss-reactive ketones (excluding diaryl/α,β-unsaturated/α-hetero) is 1. The summed E-state index contributed by atoms with van der Waals surface area (Å²) in [4.78, 5) is 31.5. The summed E-state index contributed by atoms with van der Waals surface area (Å²) in [5.41, 5.74) is 1.54. The molecule has 0 aliphatic rings. The van der Waals surface area contributed by atoms with Crippen molar-refractivity contribution in [2.24, 2.45) is 0 Å². The molecule has 0 radical (unpaired) electrons. The number of nitrogens with one attached hydrogen (secondary N) is 2. The van der Waals surface area contributed by atoms with Gasteiger partial charge in [0.05, 0.1) is 12.4 Å². The van der Waals surface area contributed by atoms with Crippen LogP contribution in [0.2, 0.25) is 0 Å². The van der Waals surface area contributed by atoms with Crippen LogP contribution in [0.25, 0.3) is 0 Å². The highest BCUT2D eigenvalue weighted by Crippen LogP contribution is 2.15. The predicted molar refractivity (Wildman–Crippen MR) is 91.0 cm³/mol. The van der Waals surface area contributed by atoms with Crippen molar-refractivity contribution in [1.29, 1.82) is 0 Å².